The summed E-state index contributed by atoms with van der Waals surface area (Å²) in [4.78, 5) is 12.3. The van der Waals surface area contributed by atoms with E-state index in [2.05, 4.69) is 36.9 Å². The van der Waals surface area contributed by atoms with Gasteiger partial charge in [-0.2, -0.15) is 0 Å². The van der Waals surface area contributed by atoms with Gasteiger partial charge in [-0.05, 0) is 54.9 Å². The fraction of sp³-hybridized carbons (Fsp3) is 0.526. The molecular formula is C19H21NO. The van der Waals surface area contributed by atoms with E-state index >= 15 is 0 Å². The van der Waals surface area contributed by atoms with Gasteiger partial charge in [-0.25, -0.2) is 0 Å². The summed E-state index contributed by atoms with van der Waals surface area (Å²) >= 11 is 0. The number of benzene rings is 1. The highest BCUT2D eigenvalue weighted by molar-refractivity contribution is 5.83. The molecule has 1 spiro atoms. The molecule has 4 saturated carbocycles. The second-order valence-electron chi connectivity index (χ2n) is 8.04. The molecule has 0 radical (unpaired) electrons. The molecule has 5 unspecified atom stereocenters. The Labute approximate surface area is 125 Å². The Bertz CT molecular complexity index is 680. The minimum Gasteiger partial charge on any atom is -0.369 e. The minimum atomic E-state index is -0.271. The Morgan fingerprint density at radius 2 is 1.90 bits per heavy atom. The van der Waals surface area contributed by atoms with Crippen LogP contribution >= 0.6 is 0 Å². The van der Waals surface area contributed by atoms with Gasteiger partial charge in [-0.1, -0.05) is 42.5 Å². The molecule has 0 aliphatic heterocycles. The summed E-state index contributed by atoms with van der Waals surface area (Å²) in [6.07, 6.45) is 5.35. The van der Waals surface area contributed by atoms with Gasteiger partial charge in [0.15, 0.2) is 0 Å². The fourth-order valence-electron chi connectivity index (χ4n) is 6.84. The van der Waals surface area contributed by atoms with Gasteiger partial charge in [0.05, 0.1) is 5.41 Å². The summed E-state index contributed by atoms with van der Waals surface area (Å²) in [5, 5.41) is 0. The van der Waals surface area contributed by atoms with Gasteiger partial charge in [-0.3, -0.25) is 4.79 Å². The third kappa shape index (κ3) is 1.06. The monoisotopic (exact) mass is 279 g/mol. The van der Waals surface area contributed by atoms with Crippen LogP contribution in [0.2, 0.25) is 0 Å². The zero-order valence-electron chi connectivity index (χ0n) is 12.3. The first-order chi connectivity index (χ1) is 10.0. The number of allylic oxidation sites excluding steroid dienone is 1. The quantitative estimate of drug-likeness (QED) is 0.830. The maximum Gasteiger partial charge on any atom is 0.223 e. The summed E-state index contributed by atoms with van der Waals surface area (Å²) in [6.45, 7) is 4.39. The van der Waals surface area contributed by atoms with Gasteiger partial charge in [0.2, 0.25) is 5.91 Å². The molecule has 2 nitrogen and oxygen atoms in total. The van der Waals surface area contributed by atoms with Crippen LogP contribution < -0.4 is 5.73 Å². The number of carbonyl (C=O) groups is 1. The van der Waals surface area contributed by atoms with E-state index in [1.54, 1.807) is 0 Å². The van der Waals surface area contributed by atoms with Crippen molar-refractivity contribution in [2.45, 2.75) is 37.5 Å². The fourth-order valence-corrected chi connectivity index (χ4v) is 6.84. The molecule has 2 heteroatoms. The molecule has 0 aromatic heterocycles. The number of hydrogen-bond acceptors (Lipinski definition) is 1. The molecule has 4 aliphatic carbocycles. The largest absolute Gasteiger partial charge is 0.369 e. The van der Waals surface area contributed by atoms with Crippen LogP contribution in [0.1, 0.15) is 37.7 Å². The molecule has 4 fully saturated rings. The van der Waals surface area contributed by atoms with Crippen LogP contribution in [0.3, 0.4) is 0 Å². The van der Waals surface area contributed by atoms with Gasteiger partial charge in [-0.15, -0.1) is 0 Å². The molecule has 3 bridgehead atoms. The lowest BCUT2D eigenvalue weighted by Gasteiger charge is -2.59. The molecular weight excluding hydrogens is 258 g/mol. The maximum atomic E-state index is 12.3. The van der Waals surface area contributed by atoms with E-state index in [0.29, 0.717) is 11.8 Å². The number of primary amides is 1. The molecule has 0 saturated heterocycles. The molecule has 1 amide bonds. The molecule has 1 aromatic carbocycles. The van der Waals surface area contributed by atoms with Gasteiger partial charge >= 0.3 is 0 Å². The summed E-state index contributed by atoms with van der Waals surface area (Å²) in [5.74, 6) is 1.10. The van der Waals surface area contributed by atoms with Crippen LogP contribution in [-0.2, 0) is 10.2 Å². The van der Waals surface area contributed by atoms with Crippen molar-refractivity contribution < 1.29 is 4.79 Å². The van der Waals surface area contributed by atoms with E-state index in [-0.39, 0.29) is 22.2 Å². The van der Waals surface area contributed by atoms with E-state index in [1.165, 1.54) is 24.0 Å². The second kappa shape index (κ2) is 3.26. The first-order valence-electron chi connectivity index (χ1n) is 8.07. The van der Waals surface area contributed by atoms with Gasteiger partial charge in [0.1, 0.15) is 0 Å². The predicted octanol–water partition coefficient (Wildman–Crippen LogP) is 3.18. The van der Waals surface area contributed by atoms with Crippen molar-refractivity contribution in [2.24, 2.45) is 28.4 Å². The highest BCUT2D eigenvalue weighted by atomic mass is 16.1. The Morgan fingerprint density at radius 1 is 1.14 bits per heavy atom. The summed E-state index contributed by atoms with van der Waals surface area (Å²) in [6, 6.07) is 10.9. The molecule has 21 heavy (non-hydrogen) atoms. The summed E-state index contributed by atoms with van der Waals surface area (Å²) in [5.41, 5.74) is 8.93. The molecule has 0 heterocycles. The first-order valence-corrected chi connectivity index (χ1v) is 8.07. The molecule has 5 atom stereocenters. The van der Waals surface area contributed by atoms with Crippen molar-refractivity contribution in [3.05, 3.63) is 48.0 Å². The van der Waals surface area contributed by atoms with Crippen molar-refractivity contribution in [3.8, 4) is 0 Å². The summed E-state index contributed by atoms with van der Waals surface area (Å²) < 4.78 is 0. The van der Waals surface area contributed by atoms with Crippen LogP contribution in [0.5, 0.6) is 0 Å². The highest BCUT2D eigenvalue weighted by Crippen LogP contribution is 2.85. The van der Waals surface area contributed by atoms with Crippen LogP contribution in [0, 0.1) is 22.7 Å². The van der Waals surface area contributed by atoms with Gasteiger partial charge in [0, 0.05) is 5.41 Å². The molecule has 5 rings (SSSR count). The predicted molar refractivity (Wildman–Crippen MR) is 81.4 cm³/mol. The SMILES string of the molecule is C=C1C2CC3(C(N)=O)CC4(c5ccccc5)CC1C4(C2)C3. The van der Waals surface area contributed by atoms with Crippen LogP contribution in [0.25, 0.3) is 0 Å². The van der Waals surface area contributed by atoms with Crippen molar-refractivity contribution in [2.75, 3.05) is 0 Å². The lowest BCUT2D eigenvalue weighted by Crippen LogP contribution is -2.55. The Balaban J connectivity index is 1.74. The average molecular weight is 279 g/mol. The van der Waals surface area contributed by atoms with E-state index in [9.17, 15) is 4.79 Å². The van der Waals surface area contributed by atoms with Gasteiger partial charge in [0.25, 0.3) is 0 Å². The lowest BCUT2D eigenvalue weighted by molar-refractivity contribution is -0.129. The van der Waals surface area contributed by atoms with Crippen molar-refractivity contribution in [1.82, 2.24) is 0 Å². The second-order valence-corrected chi connectivity index (χ2v) is 8.04. The molecule has 2 N–H and O–H groups in total. The minimum absolute atomic E-state index is 0.0651. The number of hydrogen-bond donors (Lipinski definition) is 1. The number of nitrogens with two attached hydrogens (primary N) is 1. The van der Waals surface area contributed by atoms with E-state index in [1.807, 2.05) is 0 Å². The Hall–Kier alpha value is -1.57. The smallest absolute Gasteiger partial charge is 0.223 e. The van der Waals surface area contributed by atoms with E-state index in [0.717, 1.165) is 19.3 Å². The zero-order chi connectivity index (χ0) is 14.5. The number of amides is 1. The normalized spacial score (nSPS) is 49.0. The van der Waals surface area contributed by atoms with Crippen LogP contribution in [0.4, 0.5) is 0 Å². The number of rotatable bonds is 2. The molecule has 4 aliphatic rings. The third-order valence-electron chi connectivity index (χ3n) is 7.54. The lowest BCUT2D eigenvalue weighted by atomic mass is 9.44. The number of fused-ring (bicyclic) bond motifs is 2. The molecule has 108 valence electrons. The third-order valence-corrected chi connectivity index (χ3v) is 7.54. The van der Waals surface area contributed by atoms with Crippen LogP contribution in [-0.4, -0.2) is 5.91 Å². The standard InChI is InChI=1S/C19H21NO/c1-12-13-7-17(16(20)21)10-18(14-5-3-2-4-6-14)9-15(12)19(18,8-13)11-17/h2-6,13,15H,1,7-11H2,(H2,20,21). The Kier molecular flexibility index (Phi) is 1.87. The highest BCUT2D eigenvalue weighted by Gasteiger charge is 2.80. The Morgan fingerprint density at radius 3 is 2.62 bits per heavy atom. The topological polar surface area (TPSA) is 43.1 Å². The number of carbonyl (C=O) groups excluding carboxylic acids is 1. The first kappa shape index (κ1) is 12.0. The van der Waals surface area contributed by atoms with Crippen molar-refractivity contribution in [3.63, 3.8) is 0 Å². The molecule has 1 aromatic rings. The van der Waals surface area contributed by atoms with E-state index in [4.69, 9.17) is 5.73 Å². The van der Waals surface area contributed by atoms with E-state index < -0.39 is 0 Å². The van der Waals surface area contributed by atoms with Gasteiger partial charge < -0.3 is 5.73 Å². The van der Waals surface area contributed by atoms with Crippen molar-refractivity contribution >= 4 is 5.91 Å². The zero-order valence-corrected chi connectivity index (χ0v) is 12.3. The summed E-state index contributed by atoms with van der Waals surface area (Å²) in [7, 11) is 0. The van der Waals surface area contributed by atoms with Crippen molar-refractivity contribution in [1.29, 1.82) is 0 Å². The maximum absolute atomic E-state index is 12.3. The average Bonchev–Trinajstić information content (AvgIpc) is 2.74. The van der Waals surface area contributed by atoms with Crippen LogP contribution in [0.15, 0.2) is 42.5 Å².